The zero-order chi connectivity index (χ0) is 28.2. The third-order valence-electron chi connectivity index (χ3n) is 5.99. The molecule has 0 radical (unpaired) electrons. The number of rotatable bonds is 10. The van der Waals surface area contributed by atoms with Crippen molar-refractivity contribution in [2.75, 3.05) is 68.2 Å². The molecular formula is C27H33N7O2. The highest BCUT2D eigenvalue weighted by atomic mass is 16.5. The predicted octanol–water partition coefficient (Wildman–Crippen LogP) is 4.05. The second kappa shape index (κ2) is 11.1. The third kappa shape index (κ3) is 5.58. The zero-order valence-corrected chi connectivity index (χ0v) is 20.8. The summed E-state index contributed by atoms with van der Waals surface area (Å²) in [7, 11) is 4.91. The quantitative estimate of drug-likeness (QED) is 0.412. The molecule has 188 valence electrons. The molecule has 2 aromatic carbocycles. The number of aromatic nitrogens is 2. The van der Waals surface area contributed by atoms with E-state index in [1.54, 1.807) is 32.5 Å². The Morgan fingerprint density at radius 1 is 1.25 bits per heavy atom. The number of benzene rings is 2. The summed E-state index contributed by atoms with van der Waals surface area (Å²) in [5, 5.41) is 6.06. The van der Waals surface area contributed by atoms with Gasteiger partial charge < -0.3 is 30.1 Å². The smallest absolute Gasteiger partial charge is 0.247 e. The SMILES string of the molecule is [2H]C([2H])([2H])N(C)CCN(C)c1cc(OC)c(Nc2nccc(N3CCc4ccccc43)n2)cc1NC(=O)C=C. The Kier molecular flexibility index (Phi) is 6.53. The molecule has 1 aliphatic heterocycles. The average molecular weight is 491 g/mol. The van der Waals surface area contributed by atoms with Crippen molar-refractivity contribution in [3.05, 3.63) is 66.9 Å². The normalized spacial score (nSPS) is 13.9. The molecule has 9 nitrogen and oxygen atoms in total. The van der Waals surface area contributed by atoms with E-state index in [0.717, 1.165) is 24.5 Å². The van der Waals surface area contributed by atoms with Crippen LogP contribution >= 0.6 is 0 Å². The Bertz CT molecular complexity index is 1350. The summed E-state index contributed by atoms with van der Waals surface area (Å²) in [6, 6.07) is 13.6. The number of para-hydroxylation sites is 1. The Hall–Kier alpha value is -4.11. The number of nitrogens with one attached hydrogen (secondary N) is 2. The van der Waals surface area contributed by atoms with E-state index in [0.29, 0.717) is 35.3 Å². The molecule has 0 unspecified atom stereocenters. The molecule has 0 atom stereocenters. The van der Waals surface area contributed by atoms with Gasteiger partial charge in [0.2, 0.25) is 11.9 Å². The van der Waals surface area contributed by atoms with E-state index in [2.05, 4.69) is 39.2 Å². The van der Waals surface area contributed by atoms with Crippen LogP contribution in [0.4, 0.5) is 34.5 Å². The van der Waals surface area contributed by atoms with Crippen molar-refractivity contribution in [1.29, 1.82) is 0 Å². The van der Waals surface area contributed by atoms with Gasteiger partial charge in [0.15, 0.2) is 0 Å². The molecule has 36 heavy (non-hydrogen) atoms. The molecule has 0 saturated carbocycles. The van der Waals surface area contributed by atoms with E-state index in [9.17, 15) is 4.79 Å². The minimum atomic E-state index is -2.20. The number of fused-ring (bicyclic) bond motifs is 1. The van der Waals surface area contributed by atoms with Gasteiger partial charge >= 0.3 is 0 Å². The number of nitrogens with zero attached hydrogens (tertiary/aromatic N) is 5. The van der Waals surface area contributed by atoms with Crippen molar-refractivity contribution in [1.82, 2.24) is 14.9 Å². The number of hydrogen-bond donors (Lipinski definition) is 2. The topological polar surface area (TPSA) is 85.9 Å². The van der Waals surface area contributed by atoms with Crippen LogP contribution in [-0.4, -0.2) is 68.6 Å². The first-order valence-electron chi connectivity index (χ1n) is 13.1. The first-order chi connectivity index (χ1) is 18.6. The number of hydrogen-bond acceptors (Lipinski definition) is 8. The number of carbonyl (C=O) groups excluding carboxylic acids is 1. The van der Waals surface area contributed by atoms with Gasteiger partial charge in [0.1, 0.15) is 11.6 Å². The van der Waals surface area contributed by atoms with E-state index in [1.165, 1.54) is 16.5 Å². The molecule has 0 fully saturated rings. The van der Waals surface area contributed by atoms with Crippen LogP contribution in [0, 0.1) is 0 Å². The summed E-state index contributed by atoms with van der Waals surface area (Å²) < 4.78 is 28.4. The van der Waals surface area contributed by atoms with Gasteiger partial charge in [-0.3, -0.25) is 4.79 Å². The van der Waals surface area contributed by atoms with Gasteiger partial charge in [-0.1, -0.05) is 24.8 Å². The fraction of sp³-hybridized carbons (Fsp3) is 0.296. The van der Waals surface area contributed by atoms with Crippen molar-refractivity contribution in [3.63, 3.8) is 0 Å². The summed E-state index contributed by atoms with van der Waals surface area (Å²) in [4.78, 5) is 26.7. The first-order valence-corrected chi connectivity index (χ1v) is 11.6. The predicted molar refractivity (Wildman–Crippen MR) is 146 cm³/mol. The summed E-state index contributed by atoms with van der Waals surface area (Å²) in [6.45, 7) is 2.85. The summed E-state index contributed by atoms with van der Waals surface area (Å²) in [5.41, 5.74) is 4.10. The van der Waals surface area contributed by atoms with Crippen LogP contribution in [-0.2, 0) is 11.2 Å². The van der Waals surface area contributed by atoms with Crippen molar-refractivity contribution in [3.8, 4) is 5.75 Å². The van der Waals surface area contributed by atoms with E-state index >= 15 is 0 Å². The molecule has 0 aliphatic carbocycles. The summed E-state index contributed by atoms with van der Waals surface area (Å²) in [5.74, 6) is 1.26. The summed E-state index contributed by atoms with van der Waals surface area (Å²) >= 11 is 0. The molecule has 0 spiro atoms. The molecule has 2 heterocycles. The molecule has 0 saturated heterocycles. The molecule has 0 bridgehead atoms. The summed E-state index contributed by atoms with van der Waals surface area (Å²) in [6.07, 6.45) is 3.83. The fourth-order valence-corrected chi connectivity index (χ4v) is 4.11. The average Bonchev–Trinajstić information content (AvgIpc) is 3.35. The van der Waals surface area contributed by atoms with Gasteiger partial charge in [-0.2, -0.15) is 4.98 Å². The minimum absolute atomic E-state index is 0.282. The number of carbonyl (C=O) groups is 1. The van der Waals surface area contributed by atoms with Gasteiger partial charge in [-0.05, 0) is 50.3 Å². The van der Waals surface area contributed by atoms with Crippen molar-refractivity contribution in [2.45, 2.75) is 6.42 Å². The molecule has 1 aliphatic rings. The first kappa shape index (κ1) is 21.2. The highest BCUT2D eigenvalue weighted by Crippen LogP contribution is 2.38. The van der Waals surface area contributed by atoms with E-state index < -0.39 is 6.98 Å². The molecule has 3 aromatic rings. The van der Waals surface area contributed by atoms with Crippen LogP contribution in [0.5, 0.6) is 5.75 Å². The number of methoxy groups -OCH3 is 1. The molecule has 1 aromatic heterocycles. The van der Waals surface area contributed by atoms with E-state index in [-0.39, 0.29) is 12.5 Å². The highest BCUT2D eigenvalue weighted by molar-refractivity contribution is 6.02. The Labute approximate surface area is 216 Å². The Morgan fingerprint density at radius 2 is 2.08 bits per heavy atom. The van der Waals surface area contributed by atoms with Gasteiger partial charge in [-0.15, -0.1) is 0 Å². The van der Waals surface area contributed by atoms with Crippen LogP contribution in [0.2, 0.25) is 0 Å². The number of ether oxygens (including phenoxy) is 1. The van der Waals surface area contributed by atoms with Crippen LogP contribution in [0.1, 0.15) is 9.68 Å². The van der Waals surface area contributed by atoms with E-state index in [1.807, 2.05) is 30.1 Å². The van der Waals surface area contributed by atoms with E-state index in [4.69, 9.17) is 13.8 Å². The maximum Gasteiger partial charge on any atom is 0.247 e. The number of anilines is 6. The van der Waals surface area contributed by atoms with Gasteiger partial charge in [-0.25, -0.2) is 4.98 Å². The second-order valence-electron chi connectivity index (χ2n) is 8.50. The largest absolute Gasteiger partial charge is 0.494 e. The molecular weight excluding hydrogens is 454 g/mol. The lowest BCUT2D eigenvalue weighted by atomic mass is 10.2. The number of likely N-dealkylation sites (N-methyl/N-ethyl adjacent to an activating group) is 2. The Morgan fingerprint density at radius 3 is 2.86 bits per heavy atom. The lowest BCUT2D eigenvalue weighted by molar-refractivity contribution is -0.111. The van der Waals surface area contributed by atoms with Gasteiger partial charge in [0.25, 0.3) is 0 Å². The standard InChI is InChI=1S/C27H33N7O2/c1-6-26(35)29-20-17-21(24(36-5)18-23(20)33(4)16-15-32(2)3)30-27-28-13-11-25(31-27)34-14-12-19-9-7-8-10-22(19)34/h6-11,13,17-18H,1,12,14-16H2,2-5H3,(H,29,35)(H,28,30,31)/i2D3. The monoisotopic (exact) mass is 490 g/mol. The molecule has 1 amide bonds. The van der Waals surface area contributed by atoms with Gasteiger partial charge in [0, 0.05) is 48.7 Å². The van der Waals surface area contributed by atoms with Crippen LogP contribution in [0.3, 0.4) is 0 Å². The number of amides is 1. The van der Waals surface area contributed by atoms with Gasteiger partial charge in [0.05, 0.1) is 24.2 Å². The van der Waals surface area contributed by atoms with Crippen molar-refractivity contribution >= 4 is 40.4 Å². The third-order valence-corrected chi connectivity index (χ3v) is 5.99. The maximum atomic E-state index is 12.3. The lowest BCUT2D eigenvalue weighted by Gasteiger charge is -2.26. The Balaban J connectivity index is 1.62. The second-order valence-corrected chi connectivity index (χ2v) is 8.50. The maximum absolute atomic E-state index is 12.3. The molecule has 9 heteroatoms. The zero-order valence-electron chi connectivity index (χ0n) is 23.8. The molecule has 4 rings (SSSR count). The van der Waals surface area contributed by atoms with Crippen LogP contribution in [0.25, 0.3) is 0 Å². The highest BCUT2D eigenvalue weighted by Gasteiger charge is 2.22. The molecule has 2 N–H and O–H groups in total. The fourth-order valence-electron chi connectivity index (χ4n) is 4.11. The van der Waals surface area contributed by atoms with Crippen molar-refractivity contribution in [2.24, 2.45) is 0 Å². The minimum Gasteiger partial charge on any atom is -0.494 e. The van der Waals surface area contributed by atoms with Crippen molar-refractivity contribution < 1.29 is 13.6 Å². The van der Waals surface area contributed by atoms with Crippen LogP contribution in [0.15, 0.2) is 61.3 Å². The van der Waals surface area contributed by atoms with Crippen LogP contribution < -0.4 is 25.2 Å². The lowest BCUT2D eigenvalue weighted by Crippen LogP contribution is -2.29.